The molecule has 0 aliphatic heterocycles. The largest absolute Gasteiger partial charge is 0.485 e. The van der Waals surface area contributed by atoms with Gasteiger partial charge < -0.3 is 24.7 Å². The number of amides is 1. The van der Waals surface area contributed by atoms with Crippen LogP contribution in [0.25, 0.3) is 11.0 Å². The Morgan fingerprint density at radius 3 is 2.58 bits per heavy atom. The van der Waals surface area contributed by atoms with Crippen LogP contribution in [0.3, 0.4) is 0 Å². The summed E-state index contributed by atoms with van der Waals surface area (Å²) in [5, 5.41) is 4.00. The number of para-hydroxylation sites is 2. The molecule has 0 aliphatic carbocycles. The van der Waals surface area contributed by atoms with E-state index >= 15 is 0 Å². The van der Waals surface area contributed by atoms with Gasteiger partial charge in [-0.1, -0.05) is 41.4 Å². The van der Waals surface area contributed by atoms with Gasteiger partial charge in [0, 0.05) is 27.7 Å². The predicted octanol–water partition coefficient (Wildman–Crippen LogP) is 5.71. The molecule has 7 nitrogen and oxygen atoms in total. The molecule has 0 spiro atoms. The predicted molar refractivity (Wildman–Crippen MR) is 143 cm³/mol. The standard InChI is InChI=1S/C27H28Cl2N4O3/c1-33(2)13-5-12-30-27(34)18-9-11-24(36-17-26-31-22-6-3-4-7-23(22)32-26)25(14-18)35-16-19-8-10-20(28)15-21(19)29/h3-4,6-11,14-15H,5,12-13,16-17H2,1-2H3,(H,30,34)(H,31,32). The monoisotopic (exact) mass is 526 g/mol. The highest BCUT2D eigenvalue weighted by atomic mass is 35.5. The quantitative estimate of drug-likeness (QED) is 0.245. The number of ether oxygens (including phenoxy) is 2. The molecule has 1 aromatic heterocycles. The molecule has 188 valence electrons. The average molecular weight is 527 g/mol. The van der Waals surface area contributed by atoms with Crippen molar-refractivity contribution in [3.8, 4) is 11.5 Å². The van der Waals surface area contributed by atoms with Crippen LogP contribution in [-0.2, 0) is 13.2 Å². The van der Waals surface area contributed by atoms with Crippen molar-refractivity contribution < 1.29 is 14.3 Å². The van der Waals surface area contributed by atoms with Crippen LogP contribution < -0.4 is 14.8 Å². The molecule has 36 heavy (non-hydrogen) atoms. The van der Waals surface area contributed by atoms with Gasteiger partial charge in [0.15, 0.2) is 11.5 Å². The average Bonchev–Trinajstić information content (AvgIpc) is 3.28. The van der Waals surface area contributed by atoms with Crippen molar-refractivity contribution >= 4 is 40.1 Å². The van der Waals surface area contributed by atoms with Crippen molar-refractivity contribution in [3.63, 3.8) is 0 Å². The van der Waals surface area contributed by atoms with Gasteiger partial charge in [-0.2, -0.15) is 0 Å². The molecule has 2 N–H and O–H groups in total. The van der Waals surface area contributed by atoms with Crippen LogP contribution >= 0.6 is 23.2 Å². The van der Waals surface area contributed by atoms with Crippen LogP contribution in [0, 0.1) is 0 Å². The minimum atomic E-state index is -0.174. The molecule has 4 aromatic rings. The molecule has 0 radical (unpaired) electrons. The second-order valence-corrected chi connectivity index (χ2v) is 9.43. The van der Waals surface area contributed by atoms with E-state index in [2.05, 4.69) is 20.2 Å². The summed E-state index contributed by atoms with van der Waals surface area (Å²) in [5.74, 6) is 1.43. The number of rotatable bonds is 11. The molecule has 0 unspecified atom stereocenters. The third-order valence-corrected chi connectivity index (χ3v) is 6.06. The van der Waals surface area contributed by atoms with Gasteiger partial charge >= 0.3 is 0 Å². The van der Waals surface area contributed by atoms with Crippen LogP contribution in [0.15, 0.2) is 60.7 Å². The maximum atomic E-state index is 12.7. The Labute approximate surface area is 220 Å². The lowest BCUT2D eigenvalue weighted by Crippen LogP contribution is -2.27. The van der Waals surface area contributed by atoms with Gasteiger partial charge in [0.25, 0.3) is 5.91 Å². The number of aromatic nitrogens is 2. The zero-order valence-corrected chi connectivity index (χ0v) is 21.7. The first kappa shape index (κ1) is 25.8. The van der Waals surface area contributed by atoms with Crippen molar-refractivity contribution in [2.45, 2.75) is 19.6 Å². The molecule has 4 rings (SSSR count). The van der Waals surface area contributed by atoms with E-state index in [9.17, 15) is 4.79 Å². The van der Waals surface area contributed by atoms with Gasteiger partial charge in [-0.25, -0.2) is 4.98 Å². The van der Waals surface area contributed by atoms with E-state index in [1.807, 2.05) is 38.4 Å². The van der Waals surface area contributed by atoms with E-state index in [-0.39, 0.29) is 19.1 Å². The van der Waals surface area contributed by atoms with Crippen molar-refractivity contribution in [1.29, 1.82) is 0 Å². The first-order chi connectivity index (χ1) is 17.4. The van der Waals surface area contributed by atoms with Crippen LogP contribution in [-0.4, -0.2) is 48.0 Å². The Morgan fingerprint density at radius 2 is 1.81 bits per heavy atom. The highest BCUT2D eigenvalue weighted by molar-refractivity contribution is 6.35. The molecule has 9 heteroatoms. The van der Waals surface area contributed by atoms with E-state index in [4.69, 9.17) is 32.7 Å². The fourth-order valence-electron chi connectivity index (χ4n) is 3.59. The maximum absolute atomic E-state index is 12.7. The Hall–Kier alpha value is -3.26. The number of fused-ring (bicyclic) bond motifs is 1. The summed E-state index contributed by atoms with van der Waals surface area (Å²) >= 11 is 12.3. The third-order valence-electron chi connectivity index (χ3n) is 5.47. The number of carbonyl (C=O) groups excluding carboxylic acids is 1. The van der Waals surface area contributed by atoms with E-state index in [0.717, 1.165) is 29.6 Å². The molecular formula is C27H28Cl2N4O3. The summed E-state index contributed by atoms with van der Waals surface area (Å²) in [6.45, 7) is 1.87. The van der Waals surface area contributed by atoms with Crippen LogP contribution in [0.5, 0.6) is 11.5 Å². The van der Waals surface area contributed by atoms with Gasteiger partial charge in [-0.05, 0) is 69.5 Å². The molecule has 3 aromatic carbocycles. The summed E-state index contributed by atoms with van der Waals surface area (Å²) in [6.07, 6.45) is 0.857. The fraction of sp³-hybridized carbons (Fsp3) is 0.259. The summed E-state index contributed by atoms with van der Waals surface area (Å²) in [4.78, 5) is 22.6. The van der Waals surface area contributed by atoms with Gasteiger partial charge in [-0.15, -0.1) is 0 Å². The number of halogens is 2. The fourth-order valence-corrected chi connectivity index (χ4v) is 4.06. The molecule has 0 bridgehead atoms. The molecule has 1 amide bonds. The zero-order valence-electron chi connectivity index (χ0n) is 20.2. The highest BCUT2D eigenvalue weighted by Crippen LogP contribution is 2.31. The SMILES string of the molecule is CN(C)CCCNC(=O)c1ccc(OCc2nc3ccccc3[nH]2)c(OCc2ccc(Cl)cc2Cl)c1. The third kappa shape index (κ3) is 6.91. The van der Waals surface area contributed by atoms with E-state index < -0.39 is 0 Å². The Morgan fingerprint density at radius 1 is 1.00 bits per heavy atom. The molecule has 0 aliphatic rings. The molecule has 0 atom stereocenters. The van der Waals surface area contributed by atoms with Crippen LogP contribution in [0.4, 0.5) is 0 Å². The lowest BCUT2D eigenvalue weighted by Gasteiger charge is -2.15. The maximum Gasteiger partial charge on any atom is 0.251 e. The number of hydrogen-bond donors (Lipinski definition) is 2. The summed E-state index contributed by atoms with van der Waals surface area (Å²) in [5.41, 5.74) is 3.05. The first-order valence-electron chi connectivity index (χ1n) is 11.6. The Bertz CT molecular complexity index is 1310. The second kappa shape index (κ2) is 12.1. The van der Waals surface area contributed by atoms with Crippen LogP contribution in [0.2, 0.25) is 10.0 Å². The highest BCUT2D eigenvalue weighted by Gasteiger charge is 2.14. The Kier molecular flexibility index (Phi) is 8.70. The van der Waals surface area contributed by atoms with Crippen molar-refractivity contribution in [2.24, 2.45) is 0 Å². The number of hydrogen-bond acceptors (Lipinski definition) is 5. The lowest BCUT2D eigenvalue weighted by molar-refractivity contribution is 0.0951. The molecule has 0 saturated carbocycles. The topological polar surface area (TPSA) is 79.5 Å². The van der Waals surface area contributed by atoms with E-state index in [1.54, 1.807) is 36.4 Å². The number of aromatic amines is 1. The smallest absolute Gasteiger partial charge is 0.251 e. The van der Waals surface area contributed by atoms with Gasteiger partial charge in [-0.3, -0.25) is 4.79 Å². The number of carbonyl (C=O) groups is 1. The molecule has 0 fully saturated rings. The summed E-state index contributed by atoms with van der Waals surface area (Å²) in [7, 11) is 4.00. The molecule has 1 heterocycles. The van der Waals surface area contributed by atoms with Crippen molar-refractivity contribution in [3.05, 3.63) is 87.7 Å². The van der Waals surface area contributed by atoms with Crippen molar-refractivity contribution in [1.82, 2.24) is 20.2 Å². The van der Waals surface area contributed by atoms with Crippen molar-refractivity contribution in [2.75, 3.05) is 27.2 Å². The zero-order chi connectivity index (χ0) is 25.5. The van der Waals surface area contributed by atoms with Gasteiger partial charge in [0.2, 0.25) is 0 Å². The number of H-pyrrole nitrogens is 1. The number of benzene rings is 3. The number of nitrogens with one attached hydrogen (secondary N) is 2. The van der Waals surface area contributed by atoms with Gasteiger partial charge in [0.05, 0.1) is 11.0 Å². The Balaban J connectivity index is 1.50. The number of nitrogens with zero attached hydrogens (tertiary/aromatic N) is 2. The molecular weight excluding hydrogens is 499 g/mol. The van der Waals surface area contributed by atoms with E-state index in [0.29, 0.717) is 39.5 Å². The van der Waals surface area contributed by atoms with E-state index in [1.165, 1.54) is 0 Å². The van der Waals surface area contributed by atoms with Crippen LogP contribution in [0.1, 0.15) is 28.2 Å². The second-order valence-electron chi connectivity index (χ2n) is 8.59. The summed E-state index contributed by atoms with van der Waals surface area (Å²) in [6, 6.07) is 18.1. The van der Waals surface area contributed by atoms with Gasteiger partial charge in [0.1, 0.15) is 19.0 Å². The summed E-state index contributed by atoms with van der Waals surface area (Å²) < 4.78 is 12.1. The first-order valence-corrected chi connectivity index (χ1v) is 12.3. The normalized spacial score (nSPS) is 11.1. The minimum Gasteiger partial charge on any atom is -0.485 e. The number of imidazole rings is 1. The minimum absolute atomic E-state index is 0.174. The lowest BCUT2D eigenvalue weighted by atomic mass is 10.1. The molecule has 0 saturated heterocycles.